The molecule has 0 aliphatic carbocycles. The Labute approximate surface area is 125 Å². The van der Waals surface area contributed by atoms with E-state index in [-0.39, 0.29) is 11.7 Å². The minimum absolute atomic E-state index is 0.116. The van der Waals surface area contributed by atoms with Crippen LogP contribution in [0.3, 0.4) is 0 Å². The SMILES string of the molecule is c1ccc2c([C@@H]3OCC[C@]45CC[C@H](C[C@@H]34)O5)cccc2c1. The summed E-state index contributed by atoms with van der Waals surface area (Å²) in [7, 11) is 0. The van der Waals surface area contributed by atoms with Gasteiger partial charge < -0.3 is 9.47 Å². The lowest BCUT2D eigenvalue weighted by Crippen LogP contribution is -2.43. The van der Waals surface area contributed by atoms with Crippen molar-refractivity contribution in [3.63, 3.8) is 0 Å². The Morgan fingerprint density at radius 1 is 1.00 bits per heavy atom. The lowest BCUT2D eigenvalue weighted by Gasteiger charge is -2.42. The number of fused-ring (bicyclic) bond motifs is 2. The van der Waals surface area contributed by atoms with Gasteiger partial charge in [-0.1, -0.05) is 42.5 Å². The number of hydrogen-bond donors (Lipinski definition) is 0. The summed E-state index contributed by atoms with van der Waals surface area (Å²) in [5, 5.41) is 2.65. The normalized spacial score (nSPS) is 37.8. The Hall–Kier alpha value is -1.38. The Morgan fingerprint density at radius 2 is 1.90 bits per heavy atom. The standard InChI is InChI=1S/C19H20O2/c1-2-6-15-13(4-1)5-3-7-16(15)18-17-12-14-8-9-19(17,21-14)10-11-20-18/h1-7,14,17-18H,8-12H2/t14-,17+,18+,19-/m1/s1. The Morgan fingerprint density at radius 3 is 2.86 bits per heavy atom. The van der Waals surface area contributed by atoms with E-state index in [0.29, 0.717) is 12.0 Å². The van der Waals surface area contributed by atoms with Crippen molar-refractivity contribution < 1.29 is 9.47 Å². The molecule has 3 aliphatic heterocycles. The fraction of sp³-hybridized carbons (Fsp3) is 0.474. The average Bonchev–Trinajstić information content (AvgIpc) is 3.11. The Balaban J connectivity index is 1.63. The van der Waals surface area contributed by atoms with Gasteiger partial charge in [-0.25, -0.2) is 0 Å². The van der Waals surface area contributed by atoms with Crippen molar-refractivity contribution in [1.82, 2.24) is 0 Å². The van der Waals surface area contributed by atoms with Crippen molar-refractivity contribution in [3.05, 3.63) is 48.0 Å². The van der Waals surface area contributed by atoms with Gasteiger partial charge in [0.2, 0.25) is 0 Å². The molecule has 3 aliphatic rings. The highest BCUT2D eigenvalue weighted by molar-refractivity contribution is 5.86. The first-order chi connectivity index (χ1) is 10.4. The Kier molecular flexibility index (Phi) is 2.50. The zero-order chi connectivity index (χ0) is 13.9. The van der Waals surface area contributed by atoms with Gasteiger partial charge in [0.1, 0.15) is 0 Å². The molecular formula is C19H20O2. The summed E-state index contributed by atoms with van der Waals surface area (Å²) in [6, 6.07) is 15.2. The maximum absolute atomic E-state index is 6.35. The molecule has 2 aromatic carbocycles. The van der Waals surface area contributed by atoms with Crippen molar-refractivity contribution in [1.29, 1.82) is 0 Å². The van der Waals surface area contributed by atoms with Gasteiger partial charge in [0.25, 0.3) is 0 Å². The molecule has 3 heterocycles. The molecule has 2 nitrogen and oxygen atoms in total. The molecule has 2 aromatic rings. The lowest BCUT2D eigenvalue weighted by atomic mass is 9.70. The highest BCUT2D eigenvalue weighted by atomic mass is 16.5. The molecule has 0 N–H and O–H groups in total. The van der Waals surface area contributed by atoms with Crippen LogP contribution in [0.15, 0.2) is 42.5 Å². The van der Waals surface area contributed by atoms with Crippen LogP contribution < -0.4 is 0 Å². The summed E-state index contributed by atoms with van der Waals surface area (Å²) in [5.41, 5.74) is 1.47. The molecule has 21 heavy (non-hydrogen) atoms. The van der Waals surface area contributed by atoms with Gasteiger partial charge in [-0.3, -0.25) is 0 Å². The summed E-state index contributed by atoms with van der Waals surface area (Å²) < 4.78 is 12.6. The van der Waals surface area contributed by atoms with Crippen LogP contribution in [0.1, 0.15) is 37.4 Å². The fourth-order valence-corrected chi connectivity index (χ4v) is 4.84. The molecule has 5 rings (SSSR count). The van der Waals surface area contributed by atoms with Crippen molar-refractivity contribution in [2.24, 2.45) is 5.92 Å². The zero-order valence-electron chi connectivity index (χ0n) is 12.1. The number of ether oxygens (including phenoxy) is 2. The highest BCUT2D eigenvalue weighted by Gasteiger charge is 2.58. The van der Waals surface area contributed by atoms with Gasteiger partial charge in [-0.05, 0) is 35.6 Å². The molecule has 3 fully saturated rings. The Bertz CT molecular complexity index is 690. The van der Waals surface area contributed by atoms with Gasteiger partial charge in [0.05, 0.1) is 24.4 Å². The van der Waals surface area contributed by atoms with Gasteiger partial charge in [-0.2, -0.15) is 0 Å². The van der Waals surface area contributed by atoms with Crippen LogP contribution in [-0.2, 0) is 9.47 Å². The van der Waals surface area contributed by atoms with Crippen molar-refractivity contribution in [2.45, 2.75) is 43.5 Å². The van der Waals surface area contributed by atoms with E-state index in [0.717, 1.165) is 13.0 Å². The largest absolute Gasteiger partial charge is 0.373 e. The van der Waals surface area contributed by atoms with E-state index < -0.39 is 0 Å². The second-order valence-corrected chi connectivity index (χ2v) is 6.80. The number of hydrogen-bond acceptors (Lipinski definition) is 2. The molecule has 2 bridgehead atoms. The molecule has 0 aromatic heterocycles. The lowest BCUT2D eigenvalue weighted by molar-refractivity contribution is -0.129. The van der Waals surface area contributed by atoms with Crippen molar-refractivity contribution in [3.8, 4) is 0 Å². The first-order valence-electron chi connectivity index (χ1n) is 8.13. The zero-order valence-corrected chi connectivity index (χ0v) is 12.1. The molecule has 2 heteroatoms. The van der Waals surface area contributed by atoms with E-state index in [2.05, 4.69) is 42.5 Å². The minimum atomic E-state index is 0.116. The highest BCUT2D eigenvalue weighted by Crippen LogP contribution is 2.57. The predicted octanol–water partition coefficient (Wildman–Crippen LogP) is 4.24. The maximum Gasteiger partial charge on any atom is 0.0887 e. The number of benzene rings is 2. The second kappa shape index (κ2) is 4.31. The molecular weight excluding hydrogens is 260 g/mol. The van der Waals surface area contributed by atoms with Crippen molar-refractivity contribution in [2.75, 3.05) is 6.61 Å². The van der Waals surface area contributed by atoms with E-state index in [9.17, 15) is 0 Å². The van der Waals surface area contributed by atoms with Gasteiger partial charge in [-0.15, -0.1) is 0 Å². The molecule has 3 saturated heterocycles. The van der Waals surface area contributed by atoms with Crippen molar-refractivity contribution >= 4 is 10.8 Å². The second-order valence-electron chi connectivity index (χ2n) is 6.80. The van der Waals surface area contributed by atoms with Crippen LogP contribution in [0.5, 0.6) is 0 Å². The first-order valence-corrected chi connectivity index (χ1v) is 8.13. The minimum Gasteiger partial charge on any atom is -0.373 e. The predicted molar refractivity (Wildman–Crippen MR) is 82.2 cm³/mol. The van der Waals surface area contributed by atoms with Crippen LogP contribution in [-0.4, -0.2) is 18.3 Å². The molecule has 0 amide bonds. The topological polar surface area (TPSA) is 18.5 Å². The molecule has 0 unspecified atom stereocenters. The third kappa shape index (κ3) is 1.66. The molecule has 1 spiro atoms. The monoisotopic (exact) mass is 280 g/mol. The maximum atomic E-state index is 6.35. The van der Waals surface area contributed by atoms with Gasteiger partial charge in [0.15, 0.2) is 0 Å². The third-order valence-electron chi connectivity index (χ3n) is 5.80. The van der Waals surface area contributed by atoms with E-state index in [1.54, 1.807) is 0 Å². The first kappa shape index (κ1) is 12.2. The average molecular weight is 280 g/mol. The molecule has 108 valence electrons. The molecule has 0 radical (unpaired) electrons. The van der Waals surface area contributed by atoms with Crippen LogP contribution in [0.4, 0.5) is 0 Å². The summed E-state index contributed by atoms with van der Waals surface area (Å²) >= 11 is 0. The summed E-state index contributed by atoms with van der Waals surface area (Å²) in [6.45, 7) is 0.830. The summed E-state index contributed by atoms with van der Waals surface area (Å²) in [6.07, 6.45) is 5.42. The van der Waals surface area contributed by atoms with E-state index >= 15 is 0 Å². The fourth-order valence-electron chi connectivity index (χ4n) is 4.84. The van der Waals surface area contributed by atoms with E-state index in [1.807, 2.05) is 0 Å². The van der Waals surface area contributed by atoms with Crippen LogP contribution in [0.2, 0.25) is 0 Å². The molecule has 0 saturated carbocycles. The van der Waals surface area contributed by atoms with Crippen LogP contribution in [0, 0.1) is 5.92 Å². The quantitative estimate of drug-likeness (QED) is 0.778. The van der Waals surface area contributed by atoms with Gasteiger partial charge >= 0.3 is 0 Å². The van der Waals surface area contributed by atoms with Crippen LogP contribution >= 0.6 is 0 Å². The molecule has 4 atom stereocenters. The van der Waals surface area contributed by atoms with E-state index in [1.165, 1.54) is 35.6 Å². The number of rotatable bonds is 1. The van der Waals surface area contributed by atoms with Crippen LogP contribution in [0.25, 0.3) is 10.8 Å². The van der Waals surface area contributed by atoms with Gasteiger partial charge in [0, 0.05) is 12.3 Å². The summed E-state index contributed by atoms with van der Waals surface area (Å²) in [4.78, 5) is 0. The van der Waals surface area contributed by atoms with E-state index in [4.69, 9.17) is 9.47 Å². The summed E-state index contributed by atoms with van der Waals surface area (Å²) in [5.74, 6) is 0.538. The smallest absolute Gasteiger partial charge is 0.0887 e. The third-order valence-corrected chi connectivity index (χ3v) is 5.80.